The molecule has 3 heteroatoms. The summed E-state index contributed by atoms with van der Waals surface area (Å²) in [5.74, 6) is 1.71. The Balaban J connectivity index is 2.69. The molecule has 0 radical (unpaired) electrons. The molecule has 0 aromatic carbocycles. The van der Waals surface area contributed by atoms with E-state index in [4.69, 9.17) is 9.47 Å². The maximum absolute atomic E-state index is 6.02. The average molecular weight is 315 g/mol. The molecule has 1 aliphatic rings. The first kappa shape index (κ1) is 19.2. The fraction of sp³-hybridized carbons (Fsp3) is 1.00. The van der Waals surface area contributed by atoms with E-state index in [1.807, 2.05) is 7.11 Å². The minimum absolute atomic E-state index is 0.137. The van der Waals surface area contributed by atoms with Gasteiger partial charge in [-0.25, -0.2) is 0 Å². The van der Waals surface area contributed by atoms with E-state index in [0.29, 0.717) is 0 Å². The van der Waals surface area contributed by atoms with Gasteiger partial charge in [0.15, 0.2) is 0 Å². The van der Waals surface area contributed by atoms with Crippen LogP contribution in [0.3, 0.4) is 0 Å². The Kier molecular flexibility index (Phi) is 7.94. The van der Waals surface area contributed by atoms with Crippen molar-refractivity contribution in [3.8, 4) is 0 Å². The highest BCUT2D eigenvalue weighted by Gasteiger charge is 2.45. The number of ether oxygens (including phenoxy) is 2. The zero-order chi connectivity index (χ0) is 15.9. The Labute approximate surface area is 134 Å². The molecule has 3 atom stereocenters. The summed E-state index contributed by atoms with van der Waals surface area (Å²) in [5, 5.41) is 0. The van der Waals surface area contributed by atoms with Crippen molar-refractivity contribution in [2.24, 2.45) is 11.8 Å². The van der Waals surface area contributed by atoms with E-state index in [1.165, 1.54) is 37.0 Å². The lowest BCUT2D eigenvalue weighted by molar-refractivity contribution is -0.0214. The van der Waals surface area contributed by atoms with Crippen molar-refractivity contribution in [2.45, 2.75) is 83.2 Å². The standard InChI is InChI=1S/C18H38O2Si/c1-7-21(8-2,9-3)15-17-14-18(20-6,13-16(17)4)11-10-12-19-5/h16-17H,7-15H2,1-6H3/t16-,17+,18?/m1/s1. The van der Waals surface area contributed by atoms with Crippen LogP contribution in [0.1, 0.15) is 53.4 Å². The van der Waals surface area contributed by atoms with Gasteiger partial charge in [0.25, 0.3) is 0 Å². The highest BCUT2D eigenvalue weighted by molar-refractivity contribution is 6.79. The molecule has 0 aromatic rings. The molecule has 126 valence electrons. The molecule has 1 rings (SSSR count). The summed E-state index contributed by atoms with van der Waals surface area (Å²) in [5.41, 5.74) is 0.137. The number of methoxy groups -OCH3 is 2. The number of hydrogen-bond acceptors (Lipinski definition) is 2. The zero-order valence-electron chi connectivity index (χ0n) is 15.3. The lowest BCUT2D eigenvalue weighted by Gasteiger charge is -2.33. The van der Waals surface area contributed by atoms with Gasteiger partial charge in [0.05, 0.1) is 13.7 Å². The van der Waals surface area contributed by atoms with Gasteiger partial charge in [-0.2, -0.15) is 0 Å². The maximum atomic E-state index is 6.02. The van der Waals surface area contributed by atoms with E-state index < -0.39 is 8.07 Å². The molecular weight excluding hydrogens is 276 g/mol. The van der Waals surface area contributed by atoms with E-state index in [0.717, 1.165) is 31.3 Å². The third-order valence-electron chi connectivity index (χ3n) is 6.49. The van der Waals surface area contributed by atoms with Crippen LogP contribution in [0.25, 0.3) is 0 Å². The quantitative estimate of drug-likeness (QED) is 0.399. The normalized spacial score (nSPS) is 30.0. The molecule has 1 fully saturated rings. The van der Waals surface area contributed by atoms with E-state index in [-0.39, 0.29) is 5.60 Å². The van der Waals surface area contributed by atoms with Crippen LogP contribution < -0.4 is 0 Å². The van der Waals surface area contributed by atoms with Crippen molar-refractivity contribution >= 4 is 8.07 Å². The minimum atomic E-state index is -1.02. The van der Waals surface area contributed by atoms with E-state index in [9.17, 15) is 0 Å². The largest absolute Gasteiger partial charge is 0.385 e. The van der Waals surface area contributed by atoms with Gasteiger partial charge in [-0.05, 0) is 37.5 Å². The average Bonchev–Trinajstić information content (AvgIpc) is 2.82. The minimum Gasteiger partial charge on any atom is -0.385 e. The van der Waals surface area contributed by atoms with Gasteiger partial charge in [0, 0.05) is 20.8 Å². The molecule has 0 saturated heterocycles. The lowest BCUT2D eigenvalue weighted by atomic mass is 9.94. The van der Waals surface area contributed by atoms with Crippen molar-refractivity contribution in [1.82, 2.24) is 0 Å². The maximum Gasteiger partial charge on any atom is 0.0684 e. The molecule has 0 spiro atoms. The lowest BCUT2D eigenvalue weighted by Crippen LogP contribution is -2.35. The Hall–Kier alpha value is 0.137. The summed E-state index contributed by atoms with van der Waals surface area (Å²) in [6, 6.07) is 5.87. The van der Waals surface area contributed by atoms with Crippen LogP contribution in [0.5, 0.6) is 0 Å². The van der Waals surface area contributed by atoms with Crippen LogP contribution in [-0.4, -0.2) is 34.5 Å². The van der Waals surface area contributed by atoms with Crippen LogP contribution in [-0.2, 0) is 9.47 Å². The summed E-state index contributed by atoms with van der Waals surface area (Å²) in [6.07, 6.45) is 4.82. The van der Waals surface area contributed by atoms with Gasteiger partial charge in [0.1, 0.15) is 0 Å². The molecule has 0 aliphatic heterocycles. The second-order valence-corrected chi connectivity index (χ2v) is 12.9. The van der Waals surface area contributed by atoms with Crippen molar-refractivity contribution < 1.29 is 9.47 Å². The molecule has 1 unspecified atom stereocenters. The van der Waals surface area contributed by atoms with Gasteiger partial charge >= 0.3 is 0 Å². The molecule has 2 nitrogen and oxygen atoms in total. The molecule has 1 saturated carbocycles. The van der Waals surface area contributed by atoms with Crippen LogP contribution >= 0.6 is 0 Å². The third kappa shape index (κ3) is 4.80. The van der Waals surface area contributed by atoms with E-state index in [2.05, 4.69) is 27.7 Å². The first-order valence-corrected chi connectivity index (χ1v) is 11.9. The number of hydrogen-bond donors (Lipinski definition) is 0. The van der Waals surface area contributed by atoms with Crippen molar-refractivity contribution in [3.63, 3.8) is 0 Å². The molecule has 0 heterocycles. The number of rotatable bonds is 10. The molecule has 1 aliphatic carbocycles. The fourth-order valence-corrected chi connectivity index (χ4v) is 8.56. The molecule has 0 aromatic heterocycles. The van der Waals surface area contributed by atoms with Crippen LogP contribution in [0.15, 0.2) is 0 Å². The highest BCUT2D eigenvalue weighted by Crippen LogP contribution is 2.48. The Morgan fingerprint density at radius 3 is 2.14 bits per heavy atom. The first-order chi connectivity index (χ1) is 10.00. The van der Waals surface area contributed by atoms with Gasteiger partial charge < -0.3 is 9.47 Å². The fourth-order valence-electron chi connectivity index (χ4n) is 4.54. The van der Waals surface area contributed by atoms with Crippen LogP contribution in [0, 0.1) is 11.8 Å². The van der Waals surface area contributed by atoms with Crippen molar-refractivity contribution in [3.05, 3.63) is 0 Å². The van der Waals surface area contributed by atoms with Gasteiger partial charge in [-0.15, -0.1) is 0 Å². The monoisotopic (exact) mass is 314 g/mol. The van der Waals surface area contributed by atoms with Gasteiger partial charge in [-0.3, -0.25) is 0 Å². The molecule has 0 bridgehead atoms. The van der Waals surface area contributed by atoms with Crippen molar-refractivity contribution in [2.75, 3.05) is 20.8 Å². The summed E-state index contributed by atoms with van der Waals surface area (Å²) in [7, 11) is 2.70. The van der Waals surface area contributed by atoms with Crippen molar-refractivity contribution in [1.29, 1.82) is 0 Å². The summed E-state index contributed by atoms with van der Waals surface area (Å²) in [4.78, 5) is 0. The third-order valence-corrected chi connectivity index (χ3v) is 12.4. The Bertz CT molecular complexity index is 283. The summed E-state index contributed by atoms with van der Waals surface area (Å²) >= 11 is 0. The SMILES string of the molecule is CC[Si](CC)(CC)C[C@@H]1CC(CCCOC)(OC)C[C@H]1C. The van der Waals surface area contributed by atoms with Crippen LogP contribution in [0.4, 0.5) is 0 Å². The predicted molar refractivity (Wildman–Crippen MR) is 94.7 cm³/mol. The molecule has 0 N–H and O–H groups in total. The topological polar surface area (TPSA) is 18.5 Å². The van der Waals surface area contributed by atoms with Gasteiger partial charge in [-0.1, -0.05) is 51.9 Å². The second-order valence-electron chi connectivity index (χ2n) is 7.39. The van der Waals surface area contributed by atoms with Gasteiger partial charge in [0.2, 0.25) is 0 Å². The highest BCUT2D eigenvalue weighted by atomic mass is 28.3. The summed E-state index contributed by atoms with van der Waals surface area (Å²) < 4.78 is 11.3. The first-order valence-electron chi connectivity index (χ1n) is 9.04. The molecule has 0 amide bonds. The smallest absolute Gasteiger partial charge is 0.0684 e. The Morgan fingerprint density at radius 2 is 1.67 bits per heavy atom. The van der Waals surface area contributed by atoms with E-state index >= 15 is 0 Å². The second kappa shape index (κ2) is 8.69. The molecule has 21 heavy (non-hydrogen) atoms. The Morgan fingerprint density at radius 1 is 1.05 bits per heavy atom. The van der Waals surface area contributed by atoms with E-state index in [1.54, 1.807) is 7.11 Å². The predicted octanol–water partition coefficient (Wildman–Crippen LogP) is 5.35. The summed E-state index contributed by atoms with van der Waals surface area (Å²) in [6.45, 7) is 10.6. The zero-order valence-corrected chi connectivity index (χ0v) is 16.3. The van der Waals surface area contributed by atoms with Crippen LogP contribution in [0.2, 0.25) is 24.2 Å². The molecular formula is C18H38O2Si.